The third kappa shape index (κ3) is 16.9. The zero-order valence-corrected chi connectivity index (χ0v) is 24.0. The molecule has 0 fully saturated rings. The largest absolute Gasteiger partial charge is 0.356 e. The van der Waals surface area contributed by atoms with Gasteiger partial charge in [-0.25, -0.2) is 0 Å². The molecule has 1 unspecified atom stereocenters. The lowest BCUT2D eigenvalue weighted by atomic mass is 10.0. The van der Waals surface area contributed by atoms with E-state index in [1.54, 1.807) is 0 Å². The Labute approximate surface area is 216 Å². The number of hydrogen-bond acceptors (Lipinski definition) is 2. The molecule has 1 atom stereocenters. The molecule has 0 aliphatic carbocycles. The van der Waals surface area contributed by atoms with Crippen LogP contribution in [-0.2, 0) is 0 Å². The van der Waals surface area contributed by atoms with E-state index in [2.05, 4.69) is 43.0 Å². The van der Waals surface area contributed by atoms with Crippen LogP contribution in [0.5, 0.6) is 0 Å². The summed E-state index contributed by atoms with van der Waals surface area (Å²) >= 11 is 0. The maximum absolute atomic E-state index is 2.69. The zero-order chi connectivity index (χ0) is 24.5. The summed E-state index contributed by atoms with van der Waals surface area (Å²) in [5, 5.41) is 0. The fourth-order valence-electron chi connectivity index (χ4n) is 5.48. The SMILES string of the molecule is CCCCCCCCCCCCCCN1C=CN(CCCCCCCC)C1CCCCCCC. The summed E-state index contributed by atoms with van der Waals surface area (Å²) in [6.45, 7) is 9.46. The van der Waals surface area contributed by atoms with Gasteiger partial charge >= 0.3 is 0 Å². The fourth-order valence-corrected chi connectivity index (χ4v) is 5.48. The molecule has 2 heteroatoms. The molecule has 1 aliphatic rings. The molecule has 0 N–H and O–H groups in total. The molecule has 1 rings (SSSR count). The fraction of sp³-hybridized carbons (Fsp3) is 0.938. The molecule has 1 aliphatic heterocycles. The van der Waals surface area contributed by atoms with Gasteiger partial charge in [-0.3, -0.25) is 0 Å². The Morgan fingerprint density at radius 3 is 1.03 bits per heavy atom. The first-order chi connectivity index (χ1) is 16.8. The minimum atomic E-state index is 0.643. The Morgan fingerprint density at radius 2 is 0.676 bits per heavy atom. The van der Waals surface area contributed by atoms with Gasteiger partial charge in [-0.2, -0.15) is 0 Å². The molecule has 0 aromatic rings. The molecule has 1 heterocycles. The molecule has 0 aromatic carbocycles. The van der Waals surface area contributed by atoms with Crippen molar-refractivity contribution < 1.29 is 0 Å². The van der Waals surface area contributed by atoms with E-state index in [-0.39, 0.29) is 0 Å². The smallest absolute Gasteiger partial charge is 0.101 e. The van der Waals surface area contributed by atoms with Crippen molar-refractivity contribution in [2.75, 3.05) is 13.1 Å². The summed E-state index contributed by atoms with van der Waals surface area (Å²) in [4.78, 5) is 5.37. The van der Waals surface area contributed by atoms with Crippen molar-refractivity contribution in [1.82, 2.24) is 9.80 Å². The highest BCUT2D eigenvalue weighted by Crippen LogP contribution is 2.24. The molecule has 202 valence electrons. The Morgan fingerprint density at radius 1 is 0.382 bits per heavy atom. The standard InChI is InChI=1S/C32H64N2/c1-4-7-10-13-15-16-17-18-19-20-23-26-29-34-31-30-33(28-25-22-14-11-8-5-2)32(34)27-24-21-12-9-6-3/h30-32H,4-29H2,1-3H3. The molecule has 2 nitrogen and oxygen atoms in total. The number of hydrogen-bond donors (Lipinski definition) is 0. The van der Waals surface area contributed by atoms with Crippen molar-refractivity contribution >= 4 is 0 Å². The number of nitrogens with zero attached hydrogens (tertiary/aromatic N) is 2. The van der Waals surface area contributed by atoms with Crippen LogP contribution in [0.1, 0.15) is 175 Å². The van der Waals surface area contributed by atoms with Crippen LogP contribution < -0.4 is 0 Å². The molecule has 0 radical (unpaired) electrons. The van der Waals surface area contributed by atoms with Gasteiger partial charge in [0.2, 0.25) is 0 Å². The van der Waals surface area contributed by atoms with E-state index in [9.17, 15) is 0 Å². The molecule has 0 aromatic heterocycles. The summed E-state index contributed by atoms with van der Waals surface area (Å²) in [7, 11) is 0. The Balaban J connectivity index is 2.18. The van der Waals surface area contributed by atoms with E-state index in [1.807, 2.05) is 0 Å². The predicted octanol–water partition coefficient (Wildman–Crippen LogP) is 10.8. The quantitative estimate of drug-likeness (QED) is 0.114. The Bertz CT molecular complexity index is 433. The molecular weight excluding hydrogens is 412 g/mol. The average Bonchev–Trinajstić information content (AvgIpc) is 3.23. The van der Waals surface area contributed by atoms with Crippen LogP contribution in [-0.4, -0.2) is 29.1 Å². The van der Waals surface area contributed by atoms with Crippen LogP contribution in [0.3, 0.4) is 0 Å². The van der Waals surface area contributed by atoms with Crippen LogP contribution in [0, 0.1) is 0 Å². The lowest BCUT2D eigenvalue weighted by molar-refractivity contribution is 0.135. The van der Waals surface area contributed by atoms with E-state index in [0.717, 1.165) is 0 Å². The third-order valence-corrected chi connectivity index (χ3v) is 7.82. The zero-order valence-electron chi connectivity index (χ0n) is 24.0. The monoisotopic (exact) mass is 477 g/mol. The van der Waals surface area contributed by atoms with Crippen LogP contribution in [0.25, 0.3) is 0 Å². The molecular formula is C32H64N2. The minimum Gasteiger partial charge on any atom is -0.356 e. The van der Waals surface area contributed by atoms with Crippen molar-refractivity contribution in [2.45, 2.75) is 181 Å². The summed E-state index contributed by atoms with van der Waals surface area (Å²) in [5.74, 6) is 0. The number of unbranched alkanes of at least 4 members (excludes halogenated alkanes) is 20. The molecule has 0 saturated heterocycles. The van der Waals surface area contributed by atoms with Gasteiger partial charge in [0, 0.05) is 25.5 Å². The van der Waals surface area contributed by atoms with Crippen molar-refractivity contribution in [3.05, 3.63) is 12.4 Å². The van der Waals surface area contributed by atoms with E-state index in [4.69, 9.17) is 0 Å². The van der Waals surface area contributed by atoms with Crippen LogP contribution >= 0.6 is 0 Å². The van der Waals surface area contributed by atoms with E-state index < -0.39 is 0 Å². The third-order valence-electron chi connectivity index (χ3n) is 7.82. The minimum absolute atomic E-state index is 0.643. The Kier molecular flexibility index (Phi) is 22.2. The summed E-state index contributed by atoms with van der Waals surface area (Å²) in [6, 6.07) is 0. The lowest BCUT2D eigenvalue weighted by Crippen LogP contribution is -2.39. The van der Waals surface area contributed by atoms with E-state index >= 15 is 0 Å². The molecule has 0 saturated carbocycles. The van der Waals surface area contributed by atoms with Crippen LogP contribution in [0.15, 0.2) is 12.4 Å². The normalized spacial score (nSPS) is 15.7. The molecule has 0 bridgehead atoms. The van der Waals surface area contributed by atoms with Gasteiger partial charge in [-0.05, 0) is 25.7 Å². The van der Waals surface area contributed by atoms with Crippen LogP contribution in [0.2, 0.25) is 0 Å². The van der Waals surface area contributed by atoms with Gasteiger partial charge in [0.15, 0.2) is 0 Å². The number of rotatable bonds is 26. The second-order valence-electron chi connectivity index (χ2n) is 11.1. The first kappa shape index (κ1) is 31.4. The van der Waals surface area contributed by atoms with Gasteiger partial charge in [0.05, 0.1) is 0 Å². The van der Waals surface area contributed by atoms with Crippen molar-refractivity contribution in [1.29, 1.82) is 0 Å². The van der Waals surface area contributed by atoms with Crippen molar-refractivity contribution in [3.8, 4) is 0 Å². The molecule has 0 spiro atoms. The highest BCUT2D eigenvalue weighted by Gasteiger charge is 2.24. The van der Waals surface area contributed by atoms with Gasteiger partial charge in [-0.1, -0.05) is 149 Å². The highest BCUT2D eigenvalue weighted by atomic mass is 15.4. The lowest BCUT2D eigenvalue weighted by Gasteiger charge is -2.33. The van der Waals surface area contributed by atoms with Gasteiger partial charge in [0.25, 0.3) is 0 Å². The predicted molar refractivity (Wildman–Crippen MR) is 154 cm³/mol. The summed E-state index contributed by atoms with van der Waals surface area (Å²) < 4.78 is 0. The highest BCUT2D eigenvalue weighted by molar-refractivity contribution is 4.97. The molecule has 34 heavy (non-hydrogen) atoms. The molecule has 0 amide bonds. The maximum atomic E-state index is 2.69. The summed E-state index contributed by atoms with van der Waals surface area (Å²) in [5.41, 5.74) is 0. The topological polar surface area (TPSA) is 6.48 Å². The van der Waals surface area contributed by atoms with Gasteiger partial charge in [0.1, 0.15) is 6.17 Å². The van der Waals surface area contributed by atoms with Gasteiger partial charge < -0.3 is 9.80 Å². The van der Waals surface area contributed by atoms with Gasteiger partial charge in [-0.15, -0.1) is 0 Å². The van der Waals surface area contributed by atoms with E-state index in [0.29, 0.717) is 6.17 Å². The summed E-state index contributed by atoms with van der Waals surface area (Å²) in [6.07, 6.45) is 39.5. The first-order valence-electron chi connectivity index (χ1n) is 16.0. The second-order valence-corrected chi connectivity index (χ2v) is 11.1. The average molecular weight is 477 g/mol. The Hall–Kier alpha value is -0.660. The van der Waals surface area contributed by atoms with Crippen molar-refractivity contribution in [3.63, 3.8) is 0 Å². The van der Waals surface area contributed by atoms with E-state index in [1.165, 1.54) is 167 Å². The van der Waals surface area contributed by atoms with Crippen molar-refractivity contribution in [2.24, 2.45) is 0 Å². The van der Waals surface area contributed by atoms with Crippen LogP contribution in [0.4, 0.5) is 0 Å². The second kappa shape index (κ2) is 24.1. The first-order valence-corrected chi connectivity index (χ1v) is 16.0. The maximum Gasteiger partial charge on any atom is 0.101 e.